The van der Waals surface area contributed by atoms with Gasteiger partial charge in [-0.15, -0.1) is 10.2 Å². The molecule has 0 fully saturated rings. The molecule has 0 heterocycles. The van der Waals surface area contributed by atoms with Gasteiger partial charge in [-0.25, -0.2) is 0 Å². The highest BCUT2D eigenvalue weighted by atomic mass is 32.2. The van der Waals surface area contributed by atoms with E-state index in [1.54, 1.807) is 0 Å². The Bertz CT molecular complexity index is 1160. The van der Waals surface area contributed by atoms with Crippen molar-refractivity contribution in [2.45, 2.75) is 9.79 Å². The number of ether oxygens (including phenoxy) is 2. The summed E-state index contributed by atoms with van der Waals surface area (Å²) in [6.45, 7) is 0. The van der Waals surface area contributed by atoms with Gasteiger partial charge < -0.3 is 20.9 Å². The Morgan fingerprint density at radius 3 is 1.79 bits per heavy atom. The quantitative estimate of drug-likeness (QED) is 0.296. The van der Waals surface area contributed by atoms with Gasteiger partial charge in [0.05, 0.1) is 25.6 Å². The monoisotopic (exact) mass is 432 g/mol. The smallest absolute Gasteiger partial charge is 0.296 e. The molecule has 2 rings (SSSR count). The molecule has 0 saturated heterocycles. The van der Waals surface area contributed by atoms with Crippen molar-refractivity contribution in [2.75, 3.05) is 25.7 Å². The predicted octanol–water partition coefficient (Wildman–Crippen LogP) is 1.78. The van der Waals surface area contributed by atoms with Crippen LogP contribution in [0.3, 0.4) is 0 Å². The Balaban J connectivity index is 2.72. The minimum atomic E-state index is -4.84. The van der Waals surface area contributed by atoms with Crippen LogP contribution < -0.4 is 20.9 Å². The zero-order valence-corrected chi connectivity index (χ0v) is 16.2. The molecule has 12 nitrogen and oxygen atoms in total. The molecule has 0 atom stereocenters. The molecule has 0 bridgehead atoms. The average molecular weight is 432 g/mol. The van der Waals surface area contributed by atoms with Gasteiger partial charge in [0.15, 0.2) is 0 Å². The van der Waals surface area contributed by atoms with Gasteiger partial charge in [-0.05, 0) is 12.1 Å². The standard InChI is InChI=1S/C14H16N4O8S2/c1-25-11-5-9(12(26-2)3-7(11)15)17-18-10-6-13(27(19,20)21)8(16)4-14(10)28(22,23)24/h3-6H,15-16H2,1-2H3,(H,19,20,21)(H,22,23,24). The van der Waals surface area contributed by atoms with E-state index in [1.165, 1.54) is 26.4 Å². The summed E-state index contributed by atoms with van der Waals surface area (Å²) in [5.74, 6) is 0.376. The summed E-state index contributed by atoms with van der Waals surface area (Å²) < 4.78 is 74.7. The lowest BCUT2D eigenvalue weighted by atomic mass is 10.2. The number of nitrogens with two attached hydrogens (primary N) is 2. The summed E-state index contributed by atoms with van der Waals surface area (Å²) in [5, 5.41) is 7.45. The molecule has 0 unspecified atom stereocenters. The van der Waals surface area contributed by atoms with Gasteiger partial charge in [-0.3, -0.25) is 9.11 Å². The van der Waals surface area contributed by atoms with E-state index in [0.717, 1.165) is 0 Å². The molecule has 6 N–H and O–H groups in total. The van der Waals surface area contributed by atoms with Crippen molar-refractivity contribution in [3.63, 3.8) is 0 Å². The molecule has 14 heteroatoms. The first-order valence-electron chi connectivity index (χ1n) is 7.20. The van der Waals surface area contributed by atoms with E-state index in [4.69, 9.17) is 20.9 Å². The van der Waals surface area contributed by atoms with Crippen LogP contribution in [0.25, 0.3) is 0 Å². The van der Waals surface area contributed by atoms with Crippen LogP contribution in [0.5, 0.6) is 11.5 Å². The molecule has 0 spiro atoms. The van der Waals surface area contributed by atoms with Gasteiger partial charge in [0, 0.05) is 12.1 Å². The average Bonchev–Trinajstić information content (AvgIpc) is 2.58. The second-order valence-corrected chi connectivity index (χ2v) is 8.05. The highest BCUT2D eigenvalue weighted by Crippen LogP contribution is 2.38. The zero-order chi connectivity index (χ0) is 21.3. The van der Waals surface area contributed by atoms with Crippen LogP contribution in [0.2, 0.25) is 0 Å². The summed E-state index contributed by atoms with van der Waals surface area (Å²) in [5.41, 5.74) is 10.3. The van der Waals surface area contributed by atoms with Crippen LogP contribution in [0, 0.1) is 0 Å². The van der Waals surface area contributed by atoms with E-state index in [9.17, 15) is 25.9 Å². The number of hydrogen-bond acceptors (Lipinski definition) is 10. The van der Waals surface area contributed by atoms with Crippen molar-refractivity contribution in [3.8, 4) is 11.5 Å². The molecule has 28 heavy (non-hydrogen) atoms. The first-order valence-corrected chi connectivity index (χ1v) is 10.1. The van der Waals surface area contributed by atoms with Crippen LogP contribution in [-0.4, -0.2) is 40.2 Å². The number of nitrogen functional groups attached to an aromatic ring is 2. The molecule has 0 aliphatic rings. The molecule has 0 aliphatic heterocycles. The molecular weight excluding hydrogens is 416 g/mol. The number of anilines is 2. The minimum absolute atomic E-state index is 0.0556. The third kappa shape index (κ3) is 4.48. The summed E-state index contributed by atoms with van der Waals surface area (Å²) in [7, 11) is -6.96. The van der Waals surface area contributed by atoms with Crippen LogP contribution in [0.15, 0.2) is 44.3 Å². The fraction of sp³-hybridized carbons (Fsp3) is 0.143. The van der Waals surface area contributed by atoms with Crippen LogP contribution in [0.1, 0.15) is 0 Å². The Kier molecular flexibility index (Phi) is 5.79. The van der Waals surface area contributed by atoms with Crippen molar-refractivity contribution in [2.24, 2.45) is 10.2 Å². The van der Waals surface area contributed by atoms with Crippen molar-refractivity contribution in [1.29, 1.82) is 0 Å². The summed E-state index contributed by atoms with van der Waals surface area (Å²) in [6.07, 6.45) is 0. The number of methoxy groups -OCH3 is 2. The normalized spacial score (nSPS) is 12.3. The second kappa shape index (κ2) is 7.59. The maximum Gasteiger partial charge on any atom is 0.296 e. The maximum atomic E-state index is 11.6. The highest BCUT2D eigenvalue weighted by Gasteiger charge is 2.23. The van der Waals surface area contributed by atoms with Crippen LogP contribution in [-0.2, 0) is 20.2 Å². The third-order valence-corrected chi connectivity index (χ3v) is 5.24. The third-order valence-electron chi connectivity index (χ3n) is 3.44. The molecule has 2 aromatic carbocycles. The fourth-order valence-corrected chi connectivity index (χ4v) is 3.42. The fourth-order valence-electron chi connectivity index (χ4n) is 2.16. The van der Waals surface area contributed by atoms with Gasteiger partial charge in [0.1, 0.15) is 32.7 Å². The largest absolute Gasteiger partial charge is 0.495 e. The van der Waals surface area contributed by atoms with E-state index in [1.807, 2.05) is 0 Å². The lowest BCUT2D eigenvalue weighted by molar-refractivity contribution is 0.406. The minimum Gasteiger partial charge on any atom is -0.495 e. The predicted molar refractivity (Wildman–Crippen MR) is 98.6 cm³/mol. The Hall–Kier alpha value is -2.94. The van der Waals surface area contributed by atoms with E-state index in [-0.39, 0.29) is 22.9 Å². The molecule has 152 valence electrons. The van der Waals surface area contributed by atoms with Crippen LogP contribution in [0.4, 0.5) is 22.7 Å². The highest BCUT2D eigenvalue weighted by molar-refractivity contribution is 7.86. The number of hydrogen-bond donors (Lipinski definition) is 4. The van der Waals surface area contributed by atoms with Gasteiger partial charge >= 0.3 is 0 Å². The number of nitrogens with zero attached hydrogens (tertiary/aromatic N) is 2. The van der Waals surface area contributed by atoms with E-state index in [0.29, 0.717) is 12.1 Å². The maximum absolute atomic E-state index is 11.6. The van der Waals surface area contributed by atoms with Crippen molar-refractivity contribution in [1.82, 2.24) is 0 Å². The lowest BCUT2D eigenvalue weighted by Crippen LogP contribution is -2.06. The first kappa shape index (κ1) is 21.4. The van der Waals surface area contributed by atoms with Gasteiger partial charge in [0.25, 0.3) is 20.2 Å². The van der Waals surface area contributed by atoms with E-state index in [2.05, 4.69) is 10.2 Å². The lowest BCUT2D eigenvalue weighted by Gasteiger charge is -2.10. The second-order valence-electron chi connectivity index (χ2n) is 5.27. The summed E-state index contributed by atoms with van der Waals surface area (Å²) >= 11 is 0. The van der Waals surface area contributed by atoms with E-state index < -0.39 is 41.4 Å². The zero-order valence-electron chi connectivity index (χ0n) is 14.5. The van der Waals surface area contributed by atoms with Crippen molar-refractivity contribution in [3.05, 3.63) is 24.3 Å². The molecule has 0 saturated carbocycles. The van der Waals surface area contributed by atoms with Gasteiger partial charge in [-0.2, -0.15) is 16.8 Å². The molecule has 0 aliphatic carbocycles. The first-order chi connectivity index (χ1) is 12.9. The van der Waals surface area contributed by atoms with Crippen molar-refractivity contribution >= 4 is 43.0 Å². The number of benzene rings is 2. The molecule has 2 aromatic rings. The Morgan fingerprint density at radius 2 is 1.29 bits per heavy atom. The van der Waals surface area contributed by atoms with Gasteiger partial charge in [0.2, 0.25) is 0 Å². The SMILES string of the molecule is COc1cc(N=Nc2cc(S(=O)(=O)O)c(N)cc2S(=O)(=O)O)c(OC)cc1N. The van der Waals surface area contributed by atoms with Crippen molar-refractivity contribution < 1.29 is 35.4 Å². The summed E-state index contributed by atoms with van der Waals surface area (Å²) in [4.78, 5) is -1.63. The number of azo groups is 1. The molecule has 0 aromatic heterocycles. The summed E-state index contributed by atoms with van der Waals surface area (Å²) in [6, 6.07) is 4.00. The Labute approximate surface area is 160 Å². The van der Waals surface area contributed by atoms with Gasteiger partial charge in [-0.1, -0.05) is 0 Å². The molecule has 0 radical (unpaired) electrons. The number of rotatable bonds is 6. The topological polar surface area (TPSA) is 204 Å². The Morgan fingerprint density at radius 1 is 0.750 bits per heavy atom. The molecule has 0 amide bonds. The van der Waals surface area contributed by atoms with Crippen LogP contribution >= 0.6 is 0 Å². The molecular formula is C14H16N4O8S2. The van der Waals surface area contributed by atoms with E-state index >= 15 is 0 Å².